The molecule has 0 atom stereocenters. The molecule has 4 heteroatoms. The number of carbonyl (C=O) groups is 1. The van der Waals surface area contributed by atoms with Gasteiger partial charge in [0.15, 0.2) is 0 Å². The van der Waals surface area contributed by atoms with E-state index in [9.17, 15) is 4.79 Å². The number of urea groups is 1. The second-order valence-corrected chi connectivity index (χ2v) is 2.65. The standard InChI is InChI=1S/C6H13N3O/c1-8-6(10)9-5-2-4(7)3-5/h4-5H,2-3,7H2,1H3,(H2,8,9,10). The molecule has 0 saturated heterocycles. The molecule has 58 valence electrons. The Morgan fingerprint density at radius 3 is 2.60 bits per heavy atom. The van der Waals surface area contributed by atoms with Gasteiger partial charge in [0.2, 0.25) is 0 Å². The van der Waals surface area contributed by atoms with Gasteiger partial charge >= 0.3 is 6.03 Å². The largest absolute Gasteiger partial charge is 0.341 e. The van der Waals surface area contributed by atoms with Crippen LogP contribution in [0.3, 0.4) is 0 Å². The lowest BCUT2D eigenvalue weighted by Gasteiger charge is -2.32. The highest BCUT2D eigenvalue weighted by Crippen LogP contribution is 2.16. The summed E-state index contributed by atoms with van der Waals surface area (Å²) in [4.78, 5) is 10.7. The zero-order valence-electron chi connectivity index (χ0n) is 6.05. The van der Waals surface area contributed by atoms with Crippen molar-refractivity contribution in [2.45, 2.75) is 24.9 Å². The molecule has 0 heterocycles. The Kier molecular flexibility index (Phi) is 2.11. The van der Waals surface area contributed by atoms with Crippen LogP contribution in [0.2, 0.25) is 0 Å². The number of hydrogen-bond acceptors (Lipinski definition) is 2. The van der Waals surface area contributed by atoms with Crippen molar-refractivity contribution in [1.29, 1.82) is 0 Å². The van der Waals surface area contributed by atoms with Crippen molar-refractivity contribution in [3.63, 3.8) is 0 Å². The van der Waals surface area contributed by atoms with Gasteiger partial charge in [0.1, 0.15) is 0 Å². The van der Waals surface area contributed by atoms with Crippen molar-refractivity contribution in [3.8, 4) is 0 Å². The fraction of sp³-hybridized carbons (Fsp3) is 0.833. The van der Waals surface area contributed by atoms with E-state index in [2.05, 4.69) is 10.6 Å². The van der Waals surface area contributed by atoms with Gasteiger partial charge in [-0.3, -0.25) is 0 Å². The lowest BCUT2D eigenvalue weighted by Crippen LogP contribution is -2.52. The molecule has 0 radical (unpaired) electrons. The smallest absolute Gasteiger partial charge is 0.314 e. The van der Waals surface area contributed by atoms with Gasteiger partial charge < -0.3 is 16.4 Å². The van der Waals surface area contributed by atoms with Gasteiger partial charge in [-0.25, -0.2) is 4.79 Å². The summed E-state index contributed by atoms with van der Waals surface area (Å²) in [5.41, 5.74) is 5.51. The predicted molar refractivity (Wildman–Crippen MR) is 38.6 cm³/mol. The molecule has 4 N–H and O–H groups in total. The average molecular weight is 143 g/mol. The Labute approximate surface area is 60.2 Å². The van der Waals surface area contributed by atoms with Gasteiger partial charge in [0.05, 0.1) is 0 Å². The predicted octanol–water partition coefficient (Wildman–Crippen LogP) is -0.595. The summed E-state index contributed by atoms with van der Waals surface area (Å²) in [6, 6.07) is 0.481. The molecule has 10 heavy (non-hydrogen) atoms. The third-order valence-corrected chi connectivity index (χ3v) is 1.74. The minimum absolute atomic E-state index is 0.114. The Morgan fingerprint density at radius 2 is 2.20 bits per heavy atom. The fourth-order valence-electron chi connectivity index (χ4n) is 1.04. The summed E-state index contributed by atoms with van der Waals surface area (Å²) in [6.07, 6.45) is 1.82. The Hall–Kier alpha value is -0.770. The van der Waals surface area contributed by atoms with E-state index in [-0.39, 0.29) is 6.03 Å². The summed E-state index contributed by atoms with van der Waals surface area (Å²) in [7, 11) is 1.61. The van der Waals surface area contributed by atoms with Gasteiger partial charge in [-0.1, -0.05) is 0 Å². The van der Waals surface area contributed by atoms with E-state index in [0.29, 0.717) is 12.1 Å². The van der Waals surface area contributed by atoms with Crippen LogP contribution in [0.25, 0.3) is 0 Å². The topological polar surface area (TPSA) is 67.2 Å². The zero-order chi connectivity index (χ0) is 7.56. The van der Waals surface area contributed by atoms with Crippen LogP contribution in [0, 0.1) is 0 Å². The molecular weight excluding hydrogens is 130 g/mol. The highest BCUT2D eigenvalue weighted by atomic mass is 16.2. The van der Waals surface area contributed by atoms with Gasteiger partial charge in [0, 0.05) is 19.1 Å². The van der Waals surface area contributed by atoms with Gasteiger partial charge in [-0.05, 0) is 12.8 Å². The number of nitrogens with one attached hydrogen (secondary N) is 2. The Morgan fingerprint density at radius 1 is 1.60 bits per heavy atom. The molecule has 4 nitrogen and oxygen atoms in total. The Bertz CT molecular complexity index is 131. The highest BCUT2D eigenvalue weighted by Gasteiger charge is 2.26. The van der Waals surface area contributed by atoms with Crippen LogP contribution in [-0.4, -0.2) is 25.2 Å². The van der Waals surface area contributed by atoms with Crippen LogP contribution in [0.4, 0.5) is 4.79 Å². The summed E-state index contributed by atoms with van der Waals surface area (Å²) in [5.74, 6) is 0. The minimum Gasteiger partial charge on any atom is -0.341 e. The maximum absolute atomic E-state index is 10.7. The maximum atomic E-state index is 10.7. The molecule has 0 spiro atoms. The molecule has 2 amide bonds. The van der Waals surface area contributed by atoms with E-state index in [0.717, 1.165) is 12.8 Å². The average Bonchev–Trinajstić information content (AvgIpc) is 1.84. The number of hydrogen-bond donors (Lipinski definition) is 3. The van der Waals surface area contributed by atoms with Crippen LogP contribution in [0.5, 0.6) is 0 Å². The zero-order valence-corrected chi connectivity index (χ0v) is 6.05. The van der Waals surface area contributed by atoms with Crippen LogP contribution in [-0.2, 0) is 0 Å². The van der Waals surface area contributed by atoms with E-state index in [1.54, 1.807) is 7.05 Å². The molecule has 0 unspecified atom stereocenters. The highest BCUT2D eigenvalue weighted by molar-refractivity contribution is 5.73. The van der Waals surface area contributed by atoms with E-state index in [1.807, 2.05) is 0 Å². The lowest BCUT2D eigenvalue weighted by atomic mass is 9.88. The molecule has 0 aliphatic heterocycles. The monoisotopic (exact) mass is 143 g/mol. The van der Waals surface area contributed by atoms with Gasteiger partial charge in [-0.2, -0.15) is 0 Å². The molecule has 0 aromatic heterocycles. The quantitative estimate of drug-likeness (QED) is 0.459. The molecule has 1 aliphatic rings. The van der Waals surface area contributed by atoms with Crippen molar-refractivity contribution in [3.05, 3.63) is 0 Å². The summed E-state index contributed by atoms with van der Waals surface area (Å²) < 4.78 is 0. The van der Waals surface area contributed by atoms with Crippen molar-refractivity contribution in [1.82, 2.24) is 10.6 Å². The Balaban J connectivity index is 2.10. The summed E-state index contributed by atoms with van der Waals surface area (Å²) in [5, 5.41) is 5.25. The molecule has 1 saturated carbocycles. The van der Waals surface area contributed by atoms with E-state index in [1.165, 1.54) is 0 Å². The van der Waals surface area contributed by atoms with Gasteiger partial charge in [-0.15, -0.1) is 0 Å². The molecule has 1 aliphatic carbocycles. The molecule has 0 aromatic rings. The van der Waals surface area contributed by atoms with Gasteiger partial charge in [0.25, 0.3) is 0 Å². The summed E-state index contributed by atoms with van der Waals surface area (Å²) >= 11 is 0. The first-order chi connectivity index (χ1) is 4.72. The van der Waals surface area contributed by atoms with Crippen molar-refractivity contribution < 1.29 is 4.79 Å². The molecule has 0 aromatic carbocycles. The van der Waals surface area contributed by atoms with E-state index >= 15 is 0 Å². The van der Waals surface area contributed by atoms with Crippen LogP contribution < -0.4 is 16.4 Å². The maximum Gasteiger partial charge on any atom is 0.314 e. The first-order valence-corrected chi connectivity index (χ1v) is 3.46. The number of nitrogens with two attached hydrogens (primary N) is 1. The number of amides is 2. The number of carbonyl (C=O) groups excluding carboxylic acids is 1. The second-order valence-electron chi connectivity index (χ2n) is 2.65. The summed E-state index contributed by atoms with van der Waals surface area (Å²) in [6.45, 7) is 0. The van der Waals surface area contributed by atoms with Crippen LogP contribution >= 0.6 is 0 Å². The molecule has 1 fully saturated rings. The normalized spacial score (nSPS) is 30.6. The number of rotatable bonds is 1. The van der Waals surface area contributed by atoms with E-state index in [4.69, 9.17) is 5.73 Å². The van der Waals surface area contributed by atoms with Crippen molar-refractivity contribution in [2.24, 2.45) is 5.73 Å². The first-order valence-electron chi connectivity index (χ1n) is 3.46. The lowest BCUT2D eigenvalue weighted by molar-refractivity contribution is 0.225. The van der Waals surface area contributed by atoms with Crippen LogP contribution in [0.15, 0.2) is 0 Å². The molecule has 1 rings (SSSR count). The fourth-order valence-corrected chi connectivity index (χ4v) is 1.04. The van der Waals surface area contributed by atoms with Crippen molar-refractivity contribution >= 4 is 6.03 Å². The molecular formula is C6H13N3O. The van der Waals surface area contributed by atoms with E-state index < -0.39 is 0 Å². The minimum atomic E-state index is -0.114. The molecule has 0 bridgehead atoms. The third kappa shape index (κ3) is 1.60. The van der Waals surface area contributed by atoms with Crippen molar-refractivity contribution in [2.75, 3.05) is 7.05 Å². The first kappa shape index (κ1) is 7.34. The third-order valence-electron chi connectivity index (χ3n) is 1.74. The van der Waals surface area contributed by atoms with Crippen LogP contribution in [0.1, 0.15) is 12.8 Å². The second kappa shape index (κ2) is 2.88. The SMILES string of the molecule is CNC(=O)NC1CC(N)C1.